The zero-order valence-electron chi connectivity index (χ0n) is 22.1. The Kier molecular flexibility index (Phi) is 6.77. The number of non-ortho nitro benzene ring substituents is 1. The average Bonchev–Trinajstić information content (AvgIpc) is 3.34. The van der Waals surface area contributed by atoms with Crippen molar-refractivity contribution in [1.82, 2.24) is 9.80 Å². The number of piperazine rings is 1. The molecule has 0 saturated carbocycles. The van der Waals surface area contributed by atoms with Crippen LogP contribution in [-0.4, -0.2) is 78.3 Å². The average molecular weight is 523 g/mol. The van der Waals surface area contributed by atoms with Crippen LogP contribution >= 0.6 is 0 Å². The Morgan fingerprint density at radius 1 is 1.08 bits per heavy atom. The van der Waals surface area contributed by atoms with Gasteiger partial charge < -0.3 is 24.2 Å². The number of benzene rings is 2. The molecule has 2 aromatic rings. The Balaban J connectivity index is 1.46. The lowest BCUT2D eigenvalue weighted by atomic mass is 9.85. The van der Waals surface area contributed by atoms with E-state index in [4.69, 9.17) is 9.47 Å². The molecule has 38 heavy (non-hydrogen) atoms. The molecule has 3 fully saturated rings. The maximum Gasteiger partial charge on any atom is 0.410 e. The highest BCUT2D eigenvalue weighted by Crippen LogP contribution is 2.41. The van der Waals surface area contributed by atoms with Gasteiger partial charge in [-0.15, -0.1) is 0 Å². The van der Waals surface area contributed by atoms with E-state index in [1.807, 2.05) is 51.1 Å². The van der Waals surface area contributed by atoms with Crippen LogP contribution in [0.25, 0.3) is 0 Å². The fourth-order valence-electron chi connectivity index (χ4n) is 5.48. The van der Waals surface area contributed by atoms with Gasteiger partial charge in [-0.3, -0.25) is 14.9 Å². The summed E-state index contributed by atoms with van der Waals surface area (Å²) < 4.78 is 11.1. The topological polar surface area (TPSA) is 105 Å². The molecule has 0 radical (unpaired) electrons. The number of anilines is 1. The zero-order valence-corrected chi connectivity index (χ0v) is 22.1. The van der Waals surface area contributed by atoms with Crippen LogP contribution in [0.15, 0.2) is 48.5 Å². The molecule has 5 rings (SSSR count). The van der Waals surface area contributed by atoms with Crippen LogP contribution in [0.4, 0.5) is 16.2 Å². The van der Waals surface area contributed by atoms with Crippen LogP contribution in [0, 0.1) is 15.5 Å². The Hall–Kier alpha value is -3.66. The van der Waals surface area contributed by atoms with E-state index in [9.17, 15) is 19.7 Å². The standard InChI is InChI=1S/C28H34N4O6/c1-27(2,3)38-26(34)29-13-14-31(24(16-29)20-7-5-4-6-8-20)25(33)22-10-9-21(32(35)36)15-23(22)30-12-11-28(17-30)18-37-19-28/h4-10,15,24H,11-14,16-19H2,1-3H3. The molecular weight excluding hydrogens is 488 g/mol. The highest BCUT2D eigenvalue weighted by Gasteiger charge is 2.45. The Morgan fingerprint density at radius 3 is 2.42 bits per heavy atom. The molecule has 1 atom stereocenters. The smallest absolute Gasteiger partial charge is 0.410 e. The van der Waals surface area contributed by atoms with Gasteiger partial charge in [-0.1, -0.05) is 30.3 Å². The number of hydrogen-bond donors (Lipinski definition) is 0. The number of carbonyl (C=O) groups excluding carboxylic acids is 2. The normalized spacial score (nSPS) is 20.8. The molecule has 3 aliphatic rings. The van der Waals surface area contributed by atoms with Crippen LogP contribution in [0.5, 0.6) is 0 Å². The van der Waals surface area contributed by atoms with Crippen molar-refractivity contribution in [3.63, 3.8) is 0 Å². The second-order valence-electron chi connectivity index (χ2n) is 11.5. The minimum atomic E-state index is -0.626. The predicted molar refractivity (Wildman–Crippen MR) is 141 cm³/mol. The second kappa shape index (κ2) is 9.90. The number of amides is 2. The lowest BCUT2D eigenvalue weighted by molar-refractivity contribution is -0.384. The van der Waals surface area contributed by atoms with E-state index in [0.29, 0.717) is 50.6 Å². The fourth-order valence-corrected chi connectivity index (χ4v) is 5.48. The van der Waals surface area contributed by atoms with E-state index in [-0.39, 0.29) is 23.6 Å². The van der Waals surface area contributed by atoms with Crippen molar-refractivity contribution in [3.05, 3.63) is 69.8 Å². The van der Waals surface area contributed by atoms with Crippen LogP contribution in [0.3, 0.4) is 0 Å². The summed E-state index contributed by atoms with van der Waals surface area (Å²) in [6, 6.07) is 13.7. The minimum Gasteiger partial charge on any atom is -0.444 e. The molecule has 0 aliphatic carbocycles. The van der Waals surface area contributed by atoms with Gasteiger partial charge >= 0.3 is 6.09 Å². The second-order valence-corrected chi connectivity index (χ2v) is 11.5. The minimum absolute atomic E-state index is 0.0447. The van der Waals surface area contributed by atoms with Crippen LogP contribution in [0.2, 0.25) is 0 Å². The molecule has 202 valence electrons. The molecule has 1 unspecified atom stereocenters. The van der Waals surface area contributed by atoms with Crippen LogP contribution in [-0.2, 0) is 9.47 Å². The monoisotopic (exact) mass is 522 g/mol. The predicted octanol–water partition coefficient (Wildman–Crippen LogP) is 4.26. The molecular formula is C28H34N4O6. The molecule has 3 saturated heterocycles. The summed E-state index contributed by atoms with van der Waals surface area (Å²) in [6.07, 6.45) is 0.511. The summed E-state index contributed by atoms with van der Waals surface area (Å²) in [5.74, 6) is -0.210. The molecule has 10 heteroatoms. The Bertz CT molecular complexity index is 1220. The van der Waals surface area contributed by atoms with E-state index < -0.39 is 22.7 Å². The van der Waals surface area contributed by atoms with Gasteiger partial charge in [0, 0.05) is 50.3 Å². The molecule has 0 N–H and O–H groups in total. The van der Waals surface area contributed by atoms with Crippen molar-refractivity contribution in [2.45, 2.75) is 38.8 Å². The van der Waals surface area contributed by atoms with Crippen LogP contribution < -0.4 is 4.90 Å². The molecule has 0 bridgehead atoms. The van der Waals surface area contributed by atoms with Gasteiger partial charge in [-0.25, -0.2) is 4.79 Å². The highest BCUT2D eigenvalue weighted by atomic mass is 16.6. The van der Waals surface area contributed by atoms with Crippen molar-refractivity contribution in [2.24, 2.45) is 5.41 Å². The lowest BCUT2D eigenvalue weighted by Crippen LogP contribution is -2.53. The van der Waals surface area contributed by atoms with E-state index in [1.54, 1.807) is 15.9 Å². The largest absolute Gasteiger partial charge is 0.444 e. The summed E-state index contributed by atoms with van der Waals surface area (Å²) in [5, 5.41) is 11.6. The van der Waals surface area contributed by atoms with Gasteiger partial charge in [-0.2, -0.15) is 0 Å². The first-order chi connectivity index (χ1) is 18.1. The third kappa shape index (κ3) is 5.18. The molecule has 2 amide bonds. The first-order valence-corrected chi connectivity index (χ1v) is 13.0. The number of rotatable bonds is 4. The molecule has 2 aromatic carbocycles. The van der Waals surface area contributed by atoms with Crippen molar-refractivity contribution >= 4 is 23.4 Å². The number of nitro groups is 1. The molecule has 3 aliphatic heterocycles. The number of nitrogens with zero attached hydrogens (tertiary/aromatic N) is 4. The number of ether oxygens (including phenoxy) is 2. The zero-order chi connectivity index (χ0) is 27.1. The SMILES string of the molecule is CC(C)(C)OC(=O)N1CCN(C(=O)c2ccc([N+](=O)[O-])cc2N2CCC3(COC3)C2)C(c2ccccc2)C1. The summed E-state index contributed by atoms with van der Waals surface area (Å²) in [5.41, 5.74) is 1.30. The van der Waals surface area contributed by atoms with Gasteiger partial charge in [0.25, 0.3) is 11.6 Å². The third-order valence-electron chi connectivity index (χ3n) is 7.50. The lowest BCUT2D eigenvalue weighted by Gasteiger charge is -2.42. The van der Waals surface area contributed by atoms with Gasteiger partial charge in [-0.05, 0) is 38.8 Å². The van der Waals surface area contributed by atoms with Gasteiger partial charge in [0.05, 0.1) is 35.4 Å². The molecule has 10 nitrogen and oxygen atoms in total. The van der Waals surface area contributed by atoms with E-state index >= 15 is 0 Å². The van der Waals surface area contributed by atoms with Crippen molar-refractivity contribution in [2.75, 3.05) is 50.8 Å². The summed E-state index contributed by atoms with van der Waals surface area (Å²) in [7, 11) is 0. The maximum atomic E-state index is 14.2. The summed E-state index contributed by atoms with van der Waals surface area (Å²) >= 11 is 0. The van der Waals surface area contributed by atoms with Gasteiger partial charge in [0.15, 0.2) is 0 Å². The molecule has 1 spiro atoms. The Labute approximate surface area is 222 Å². The molecule has 0 aromatic heterocycles. The maximum absolute atomic E-state index is 14.2. The number of carbonyl (C=O) groups is 2. The van der Waals surface area contributed by atoms with E-state index in [1.165, 1.54) is 12.1 Å². The Morgan fingerprint density at radius 2 is 1.82 bits per heavy atom. The van der Waals surface area contributed by atoms with Crippen molar-refractivity contribution in [3.8, 4) is 0 Å². The molecule has 3 heterocycles. The van der Waals surface area contributed by atoms with Crippen molar-refractivity contribution < 1.29 is 24.0 Å². The summed E-state index contributed by atoms with van der Waals surface area (Å²) in [4.78, 5) is 43.7. The van der Waals surface area contributed by atoms with Crippen molar-refractivity contribution in [1.29, 1.82) is 0 Å². The third-order valence-corrected chi connectivity index (χ3v) is 7.50. The number of nitro benzene ring substituents is 1. The van der Waals surface area contributed by atoms with E-state index in [0.717, 1.165) is 12.0 Å². The first kappa shape index (κ1) is 26.0. The fraction of sp³-hybridized carbons (Fsp3) is 0.500. The summed E-state index contributed by atoms with van der Waals surface area (Å²) in [6.45, 7) is 9.16. The van der Waals surface area contributed by atoms with Gasteiger partial charge in [0.1, 0.15) is 5.60 Å². The van der Waals surface area contributed by atoms with Crippen LogP contribution in [0.1, 0.15) is 49.2 Å². The van der Waals surface area contributed by atoms with E-state index in [2.05, 4.69) is 4.90 Å². The van der Waals surface area contributed by atoms with Gasteiger partial charge in [0.2, 0.25) is 0 Å². The quantitative estimate of drug-likeness (QED) is 0.436. The first-order valence-electron chi connectivity index (χ1n) is 13.0. The number of hydrogen-bond acceptors (Lipinski definition) is 7. The highest BCUT2D eigenvalue weighted by molar-refractivity contribution is 6.00.